The summed E-state index contributed by atoms with van der Waals surface area (Å²) < 4.78 is 13.0. The molecule has 1 aromatic heterocycles. The highest BCUT2D eigenvalue weighted by atomic mass is 19.1. The van der Waals surface area contributed by atoms with Crippen molar-refractivity contribution in [2.75, 3.05) is 23.8 Å². The first kappa shape index (κ1) is 17.5. The molecule has 0 atom stereocenters. The number of benzene rings is 2. The number of nitrogens with zero attached hydrogens (tertiary/aromatic N) is 3. The molecule has 1 amide bonds. The number of nitrogens with one attached hydrogen (secondary N) is 1. The molecule has 0 aliphatic rings. The van der Waals surface area contributed by atoms with Gasteiger partial charge in [-0.05, 0) is 31.2 Å². The van der Waals surface area contributed by atoms with E-state index in [9.17, 15) is 9.18 Å². The molecule has 5 nitrogen and oxygen atoms in total. The highest BCUT2D eigenvalue weighted by Gasteiger charge is 2.18. The molecule has 2 aromatic carbocycles. The van der Waals surface area contributed by atoms with Crippen LogP contribution in [0.1, 0.15) is 17.3 Å². The van der Waals surface area contributed by atoms with Crippen LogP contribution in [0.3, 0.4) is 0 Å². The molecule has 0 saturated carbocycles. The number of carbonyl (C=O) groups is 1. The van der Waals surface area contributed by atoms with Crippen LogP contribution in [-0.4, -0.2) is 29.5 Å². The molecule has 1 heterocycles. The van der Waals surface area contributed by atoms with Crippen LogP contribution >= 0.6 is 0 Å². The Morgan fingerprint density at radius 1 is 1.12 bits per heavy atom. The van der Waals surface area contributed by atoms with Gasteiger partial charge in [-0.2, -0.15) is 0 Å². The Morgan fingerprint density at radius 2 is 1.81 bits per heavy atom. The van der Waals surface area contributed by atoms with Gasteiger partial charge in [0.15, 0.2) is 5.82 Å². The lowest BCUT2D eigenvalue weighted by Crippen LogP contribution is -2.23. The largest absolute Gasteiger partial charge is 0.359 e. The lowest BCUT2D eigenvalue weighted by atomic mass is 10.2. The molecule has 6 heteroatoms. The van der Waals surface area contributed by atoms with Gasteiger partial charge in [-0.3, -0.25) is 4.79 Å². The number of hydrogen-bond acceptors (Lipinski definition) is 4. The van der Waals surface area contributed by atoms with Crippen LogP contribution in [0.25, 0.3) is 11.4 Å². The van der Waals surface area contributed by atoms with Gasteiger partial charge in [0.25, 0.3) is 5.91 Å². The average Bonchev–Trinajstić information content (AvgIpc) is 2.69. The zero-order valence-electron chi connectivity index (χ0n) is 14.6. The zero-order valence-corrected chi connectivity index (χ0v) is 14.6. The summed E-state index contributed by atoms with van der Waals surface area (Å²) in [5.74, 6) is 0.400. The van der Waals surface area contributed by atoms with Gasteiger partial charge in [0.2, 0.25) is 0 Å². The maximum absolute atomic E-state index is 13.0. The number of hydrogen-bond donors (Lipinski definition) is 1. The van der Waals surface area contributed by atoms with Gasteiger partial charge in [0.1, 0.15) is 17.2 Å². The Kier molecular flexibility index (Phi) is 5.22. The maximum Gasteiger partial charge on any atom is 0.261 e. The fourth-order valence-electron chi connectivity index (χ4n) is 2.43. The normalized spacial score (nSPS) is 10.4. The second-order valence-corrected chi connectivity index (χ2v) is 5.77. The Balaban J connectivity index is 1.95. The van der Waals surface area contributed by atoms with Crippen LogP contribution in [0, 0.1) is 5.82 Å². The third-order valence-electron chi connectivity index (χ3n) is 3.98. The van der Waals surface area contributed by atoms with Crippen molar-refractivity contribution >= 4 is 17.4 Å². The first-order valence-electron chi connectivity index (χ1n) is 8.29. The summed E-state index contributed by atoms with van der Waals surface area (Å²) in [6.07, 6.45) is 1.52. The summed E-state index contributed by atoms with van der Waals surface area (Å²) in [5, 5.41) is 2.75. The Morgan fingerprint density at radius 3 is 2.46 bits per heavy atom. The van der Waals surface area contributed by atoms with E-state index in [1.165, 1.54) is 30.5 Å². The third kappa shape index (κ3) is 3.85. The number of anilines is 2. The van der Waals surface area contributed by atoms with E-state index < -0.39 is 0 Å². The summed E-state index contributed by atoms with van der Waals surface area (Å²) in [6, 6.07) is 15.2. The molecule has 0 aliphatic heterocycles. The number of halogens is 1. The van der Waals surface area contributed by atoms with E-state index in [1.807, 2.05) is 49.2 Å². The van der Waals surface area contributed by atoms with E-state index in [2.05, 4.69) is 15.3 Å². The van der Waals surface area contributed by atoms with Crippen molar-refractivity contribution < 1.29 is 9.18 Å². The van der Waals surface area contributed by atoms with Crippen LogP contribution < -0.4 is 10.2 Å². The summed E-state index contributed by atoms with van der Waals surface area (Å²) >= 11 is 0. The molecule has 0 bridgehead atoms. The molecule has 0 radical (unpaired) electrons. The number of rotatable bonds is 5. The van der Waals surface area contributed by atoms with Gasteiger partial charge in [-0.1, -0.05) is 30.3 Å². The van der Waals surface area contributed by atoms with E-state index in [4.69, 9.17) is 0 Å². The molecule has 0 aliphatic carbocycles. The second kappa shape index (κ2) is 7.74. The molecular formula is C20H19FN4O. The van der Waals surface area contributed by atoms with Gasteiger partial charge < -0.3 is 10.2 Å². The van der Waals surface area contributed by atoms with Crippen molar-refractivity contribution in [1.29, 1.82) is 0 Å². The Bertz CT molecular complexity index is 897. The van der Waals surface area contributed by atoms with Crippen molar-refractivity contribution in [1.82, 2.24) is 9.97 Å². The zero-order chi connectivity index (χ0) is 18.5. The Hall–Kier alpha value is -3.28. The summed E-state index contributed by atoms with van der Waals surface area (Å²) in [7, 11) is 1.87. The van der Waals surface area contributed by atoms with E-state index in [1.54, 1.807) is 0 Å². The van der Waals surface area contributed by atoms with E-state index >= 15 is 0 Å². The van der Waals surface area contributed by atoms with Crippen LogP contribution in [0.5, 0.6) is 0 Å². The smallest absolute Gasteiger partial charge is 0.261 e. The third-order valence-corrected chi connectivity index (χ3v) is 3.98. The van der Waals surface area contributed by atoms with Crippen molar-refractivity contribution in [3.8, 4) is 11.4 Å². The SMILES string of the molecule is CCN(C)c1nc(-c2ccccc2)ncc1C(=O)Nc1ccc(F)cc1. The fourth-order valence-corrected chi connectivity index (χ4v) is 2.43. The number of amides is 1. The molecule has 0 saturated heterocycles. The molecule has 132 valence electrons. The van der Waals surface area contributed by atoms with Crippen molar-refractivity contribution in [3.05, 3.63) is 72.2 Å². The van der Waals surface area contributed by atoms with Gasteiger partial charge in [0, 0.05) is 31.0 Å². The number of carbonyl (C=O) groups excluding carboxylic acids is 1. The van der Waals surface area contributed by atoms with Crippen LogP contribution in [-0.2, 0) is 0 Å². The van der Waals surface area contributed by atoms with Crippen molar-refractivity contribution in [2.24, 2.45) is 0 Å². The molecule has 3 aromatic rings. The lowest BCUT2D eigenvalue weighted by Gasteiger charge is -2.19. The standard InChI is InChI=1S/C20H19FN4O/c1-3-25(2)19-17(20(26)23-16-11-9-15(21)10-12-16)13-22-18(24-19)14-7-5-4-6-8-14/h4-13H,3H2,1-2H3,(H,23,26). The van der Waals surface area contributed by atoms with Gasteiger partial charge >= 0.3 is 0 Å². The van der Waals surface area contributed by atoms with Crippen LogP contribution in [0.2, 0.25) is 0 Å². The predicted molar refractivity (Wildman–Crippen MR) is 101 cm³/mol. The monoisotopic (exact) mass is 350 g/mol. The van der Waals surface area contributed by atoms with E-state index in [-0.39, 0.29) is 11.7 Å². The highest BCUT2D eigenvalue weighted by molar-refractivity contribution is 6.07. The van der Waals surface area contributed by atoms with Gasteiger partial charge in [-0.15, -0.1) is 0 Å². The molecule has 0 fully saturated rings. The van der Waals surface area contributed by atoms with Crippen LogP contribution in [0.4, 0.5) is 15.9 Å². The van der Waals surface area contributed by atoms with Crippen molar-refractivity contribution in [2.45, 2.75) is 6.92 Å². The fraction of sp³-hybridized carbons (Fsp3) is 0.150. The molecular weight excluding hydrogens is 331 g/mol. The minimum absolute atomic E-state index is 0.341. The van der Waals surface area contributed by atoms with Gasteiger partial charge in [-0.25, -0.2) is 14.4 Å². The minimum Gasteiger partial charge on any atom is -0.359 e. The van der Waals surface area contributed by atoms with Crippen LogP contribution in [0.15, 0.2) is 60.8 Å². The highest BCUT2D eigenvalue weighted by Crippen LogP contribution is 2.22. The molecule has 1 N–H and O–H groups in total. The summed E-state index contributed by atoms with van der Waals surface area (Å²) in [6.45, 7) is 2.66. The molecule has 3 rings (SSSR count). The maximum atomic E-state index is 13.0. The quantitative estimate of drug-likeness (QED) is 0.756. The van der Waals surface area contributed by atoms with E-state index in [0.29, 0.717) is 29.4 Å². The van der Waals surface area contributed by atoms with Gasteiger partial charge in [0.05, 0.1) is 0 Å². The first-order valence-corrected chi connectivity index (χ1v) is 8.29. The topological polar surface area (TPSA) is 58.1 Å². The van der Waals surface area contributed by atoms with E-state index in [0.717, 1.165) is 5.56 Å². The summed E-state index contributed by atoms with van der Waals surface area (Å²) in [5.41, 5.74) is 1.75. The predicted octanol–water partition coefficient (Wildman–Crippen LogP) is 3.99. The number of aromatic nitrogens is 2. The molecule has 0 spiro atoms. The van der Waals surface area contributed by atoms with Crippen molar-refractivity contribution in [3.63, 3.8) is 0 Å². The minimum atomic E-state index is -0.357. The second-order valence-electron chi connectivity index (χ2n) is 5.77. The molecule has 0 unspecified atom stereocenters. The lowest BCUT2D eigenvalue weighted by molar-refractivity contribution is 0.102. The molecule has 26 heavy (non-hydrogen) atoms. The first-order chi connectivity index (χ1) is 12.6. The average molecular weight is 350 g/mol. The summed E-state index contributed by atoms with van der Waals surface area (Å²) in [4.78, 5) is 23.5. The Labute approximate surface area is 151 Å².